The second-order valence-electron chi connectivity index (χ2n) is 4.14. The predicted molar refractivity (Wildman–Crippen MR) is 62.1 cm³/mol. The van der Waals surface area contributed by atoms with Crippen LogP contribution in [0.2, 0.25) is 0 Å². The van der Waals surface area contributed by atoms with Crippen molar-refractivity contribution in [2.75, 3.05) is 6.61 Å². The van der Waals surface area contributed by atoms with Crippen LogP contribution in [0.15, 0.2) is 21.9 Å². The molecule has 4 N–H and O–H groups in total. The smallest absolute Gasteiger partial charge is 0.330 e. The van der Waals surface area contributed by atoms with Gasteiger partial charge in [0.05, 0.1) is 6.61 Å². The molecule has 1 aromatic rings. The third kappa shape index (κ3) is 1.98. The van der Waals surface area contributed by atoms with E-state index < -0.39 is 41.9 Å². The number of hydrogen-bond donors (Lipinski definition) is 4. The summed E-state index contributed by atoms with van der Waals surface area (Å²) < 4.78 is 6.03. The number of aliphatic hydroxyl groups is 3. The highest BCUT2D eigenvalue weighted by atomic mass is 16.6. The van der Waals surface area contributed by atoms with Crippen molar-refractivity contribution in [3.05, 3.63) is 33.1 Å². The van der Waals surface area contributed by atoms with E-state index in [9.17, 15) is 19.8 Å². The molecule has 2 rings (SSSR count). The quantitative estimate of drug-likeness (QED) is 0.428. The molecule has 0 saturated carbocycles. The van der Waals surface area contributed by atoms with Crippen molar-refractivity contribution in [2.45, 2.75) is 24.0 Å². The molecular formula is C11H12N2O6. The van der Waals surface area contributed by atoms with Crippen LogP contribution in [0.25, 0.3) is 0 Å². The van der Waals surface area contributed by atoms with Crippen molar-refractivity contribution >= 4 is 0 Å². The highest BCUT2D eigenvalue weighted by Gasteiger charge is 2.55. The lowest BCUT2D eigenvalue weighted by molar-refractivity contribution is -0.0764. The average Bonchev–Trinajstić information content (AvgIpc) is 2.63. The Kier molecular flexibility index (Phi) is 3.30. The fourth-order valence-electron chi connectivity index (χ4n) is 1.96. The summed E-state index contributed by atoms with van der Waals surface area (Å²) in [5, 5.41) is 29.1. The molecule has 1 aliphatic rings. The number of hydrogen-bond acceptors (Lipinski definition) is 6. The van der Waals surface area contributed by atoms with Crippen LogP contribution in [0.1, 0.15) is 6.23 Å². The summed E-state index contributed by atoms with van der Waals surface area (Å²) in [7, 11) is 0. The molecule has 2 heterocycles. The van der Waals surface area contributed by atoms with Crippen molar-refractivity contribution in [1.29, 1.82) is 0 Å². The number of terminal acetylenes is 1. The molecule has 1 aliphatic heterocycles. The summed E-state index contributed by atoms with van der Waals surface area (Å²) in [5.41, 5.74) is -3.66. The number of aromatic nitrogens is 2. The summed E-state index contributed by atoms with van der Waals surface area (Å²) >= 11 is 0. The lowest BCUT2D eigenvalue weighted by Gasteiger charge is -2.26. The van der Waals surface area contributed by atoms with E-state index in [-0.39, 0.29) is 0 Å². The first-order valence-corrected chi connectivity index (χ1v) is 5.40. The SMILES string of the molecule is C#CC1(O)[C@@H](O)[C@@H](CO)O[C@H]1n1ccc(=O)[nH]c1=O. The van der Waals surface area contributed by atoms with Gasteiger partial charge in [0.25, 0.3) is 5.56 Å². The summed E-state index contributed by atoms with van der Waals surface area (Å²) in [6, 6.07) is 1.04. The Morgan fingerprint density at radius 2 is 2.26 bits per heavy atom. The Morgan fingerprint density at radius 3 is 2.79 bits per heavy atom. The molecule has 1 saturated heterocycles. The maximum atomic E-state index is 11.6. The Labute approximate surface area is 106 Å². The van der Waals surface area contributed by atoms with Gasteiger partial charge in [0.1, 0.15) is 12.2 Å². The zero-order chi connectivity index (χ0) is 14.2. The van der Waals surface area contributed by atoms with E-state index in [1.165, 1.54) is 0 Å². The number of ether oxygens (including phenoxy) is 1. The van der Waals surface area contributed by atoms with Gasteiger partial charge >= 0.3 is 5.69 Å². The Balaban J connectivity index is 2.52. The van der Waals surface area contributed by atoms with Gasteiger partial charge in [-0.15, -0.1) is 6.42 Å². The van der Waals surface area contributed by atoms with E-state index in [0.717, 1.165) is 16.8 Å². The van der Waals surface area contributed by atoms with Crippen LogP contribution in [0.4, 0.5) is 0 Å². The third-order valence-electron chi connectivity index (χ3n) is 3.00. The summed E-state index contributed by atoms with van der Waals surface area (Å²) in [4.78, 5) is 24.6. The van der Waals surface area contributed by atoms with Crippen LogP contribution in [-0.2, 0) is 4.74 Å². The van der Waals surface area contributed by atoms with Gasteiger partial charge in [0, 0.05) is 12.3 Å². The largest absolute Gasteiger partial charge is 0.394 e. The van der Waals surface area contributed by atoms with Crippen molar-refractivity contribution in [3.63, 3.8) is 0 Å². The molecule has 0 spiro atoms. The predicted octanol–water partition coefficient (Wildman–Crippen LogP) is -2.85. The van der Waals surface area contributed by atoms with E-state index in [1.54, 1.807) is 0 Å². The van der Waals surface area contributed by atoms with Crippen molar-refractivity contribution in [3.8, 4) is 12.3 Å². The minimum absolute atomic E-state index is 0.584. The van der Waals surface area contributed by atoms with E-state index in [0.29, 0.717) is 0 Å². The van der Waals surface area contributed by atoms with Gasteiger partial charge in [-0.05, 0) is 0 Å². The van der Waals surface area contributed by atoms with Gasteiger partial charge in [-0.2, -0.15) is 0 Å². The molecule has 4 atom stereocenters. The van der Waals surface area contributed by atoms with E-state index in [4.69, 9.17) is 16.3 Å². The van der Waals surface area contributed by atoms with Gasteiger partial charge in [-0.3, -0.25) is 14.3 Å². The summed E-state index contributed by atoms with van der Waals surface area (Å²) in [6.45, 7) is -0.584. The van der Waals surface area contributed by atoms with Gasteiger partial charge in [0.2, 0.25) is 0 Å². The molecule has 0 aliphatic carbocycles. The minimum atomic E-state index is -2.19. The van der Waals surface area contributed by atoms with Gasteiger partial charge in [0.15, 0.2) is 11.8 Å². The molecule has 8 nitrogen and oxygen atoms in total. The second-order valence-corrected chi connectivity index (χ2v) is 4.14. The van der Waals surface area contributed by atoms with E-state index in [2.05, 4.69) is 0 Å². The number of aromatic amines is 1. The van der Waals surface area contributed by atoms with Crippen LogP contribution in [-0.4, -0.2) is 49.3 Å². The molecule has 8 heteroatoms. The second kappa shape index (κ2) is 4.64. The van der Waals surface area contributed by atoms with Crippen LogP contribution >= 0.6 is 0 Å². The zero-order valence-electron chi connectivity index (χ0n) is 9.68. The fourth-order valence-corrected chi connectivity index (χ4v) is 1.96. The summed E-state index contributed by atoms with van der Waals surface area (Å²) in [6.07, 6.45) is 2.15. The molecule has 1 aromatic heterocycles. The average molecular weight is 268 g/mol. The number of rotatable bonds is 2. The lowest BCUT2D eigenvalue weighted by Crippen LogP contribution is -2.48. The minimum Gasteiger partial charge on any atom is -0.394 e. The molecule has 1 fully saturated rings. The normalized spacial score (nSPS) is 34.1. The van der Waals surface area contributed by atoms with Gasteiger partial charge in [-0.1, -0.05) is 5.92 Å². The standard InChI is InChI=1S/C11H12N2O6/c1-2-11(18)8(16)6(5-14)19-9(11)13-4-3-7(15)12-10(13)17/h1,3-4,6,8-9,14,16,18H,5H2,(H,12,15,17)/t6-,8+,9-,11?/m1/s1. The van der Waals surface area contributed by atoms with Crippen LogP contribution < -0.4 is 11.2 Å². The third-order valence-corrected chi connectivity index (χ3v) is 3.00. The van der Waals surface area contributed by atoms with E-state index >= 15 is 0 Å². The maximum Gasteiger partial charge on any atom is 0.330 e. The van der Waals surface area contributed by atoms with Crippen LogP contribution in [0.3, 0.4) is 0 Å². The van der Waals surface area contributed by atoms with Crippen molar-refractivity contribution in [2.24, 2.45) is 0 Å². The van der Waals surface area contributed by atoms with Crippen LogP contribution in [0, 0.1) is 12.3 Å². The first-order valence-electron chi connectivity index (χ1n) is 5.40. The van der Waals surface area contributed by atoms with E-state index in [1.807, 2.05) is 10.9 Å². The molecule has 1 unspecified atom stereocenters. The Bertz CT molecular complexity index is 629. The van der Waals surface area contributed by atoms with Gasteiger partial charge < -0.3 is 20.1 Å². The summed E-state index contributed by atoms with van der Waals surface area (Å²) in [5.74, 6) is 1.96. The Morgan fingerprint density at radius 1 is 1.58 bits per heavy atom. The maximum absolute atomic E-state index is 11.6. The van der Waals surface area contributed by atoms with Crippen LogP contribution in [0.5, 0.6) is 0 Å². The monoisotopic (exact) mass is 268 g/mol. The molecule has 0 radical (unpaired) electrons. The number of nitrogens with zero attached hydrogens (tertiary/aromatic N) is 1. The fraction of sp³-hybridized carbons (Fsp3) is 0.455. The highest BCUT2D eigenvalue weighted by molar-refractivity contribution is 5.19. The zero-order valence-corrected chi connectivity index (χ0v) is 9.68. The molecule has 0 bridgehead atoms. The Hall–Kier alpha value is -1.92. The topological polar surface area (TPSA) is 125 Å². The highest BCUT2D eigenvalue weighted by Crippen LogP contribution is 2.36. The lowest BCUT2D eigenvalue weighted by atomic mass is 9.95. The number of aliphatic hydroxyl groups excluding tert-OH is 2. The van der Waals surface area contributed by atoms with Gasteiger partial charge in [-0.25, -0.2) is 4.79 Å². The molecule has 19 heavy (non-hydrogen) atoms. The number of H-pyrrole nitrogens is 1. The molecule has 102 valence electrons. The van der Waals surface area contributed by atoms with Crippen molar-refractivity contribution < 1.29 is 20.1 Å². The first-order chi connectivity index (χ1) is 8.93. The first kappa shape index (κ1) is 13.5. The molecule has 0 aromatic carbocycles. The number of nitrogens with one attached hydrogen (secondary N) is 1. The van der Waals surface area contributed by atoms with Crippen molar-refractivity contribution in [1.82, 2.24) is 9.55 Å². The molecular weight excluding hydrogens is 256 g/mol. The molecule has 0 amide bonds.